The third kappa shape index (κ3) is 6.34. The number of ether oxygens (including phenoxy) is 1. The Kier molecular flexibility index (Phi) is 8.48. The van der Waals surface area contributed by atoms with E-state index in [1.807, 2.05) is 0 Å². The van der Waals surface area contributed by atoms with Gasteiger partial charge < -0.3 is 10.1 Å². The zero-order chi connectivity index (χ0) is 26.0. The van der Waals surface area contributed by atoms with Gasteiger partial charge in [0.05, 0.1) is 33.2 Å². The van der Waals surface area contributed by atoms with Gasteiger partial charge in [-0.1, -0.05) is 18.5 Å². The first-order valence-electron chi connectivity index (χ1n) is 11.2. The average Bonchev–Trinajstić information content (AvgIpc) is 2.78. The second kappa shape index (κ2) is 10.8. The molecule has 0 radical (unpaired) electrons. The summed E-state index contributed by atoms with van der Waals surface area (Å²) in [6.45, 7) is 6.30. The number of amides is 1. The average molecular weight is 544 g/mol. The minimum atomic E-state index is -3.83. The molecule has 1 aliphatic rings. The number of rotatable bonds is 8. The zero-order valence-electron chi connectivity index (χ0n) is 20.0. The molecule has 2 N–H and O–H groups in total. The molecule has 0 spiro atoms. The zero-order valence-corrected chi connectivity index (χ0v) is 22.4. The summed E-state index contributed by atoms with van der Waals surface area (Å²) >= 11 is 6.24. The molecule has 3 rings (SSSR count). The molecule has 2 aromatic rings. The summed E-state index contributed by atoms with van der Waals surface area (Å²) in [6, 6.07) is 7.69. The van der Waals surface area contributed by atoms with E-state index in [2.05, 4.69) is 17.0 Å². The highest BCUT2D eigenvalue weighted by Gasteiger charge is 2.29. The van der Waals surface area contributed by atoms with Crippen LogP contribution in [-0.2, 0) is 20.0 Å². The molecule has 0 aromatic heterocycles. The van der Waals surface area contributed by atoms with Gasteiger partial charge >= 0.3 is 0 Å². The number of benzene rings is 2. The first-order chi connectivity index (χ1) is 16.3. The predicted molar refractivity (Wildman–Crippen MR) is 135 cm³/mol. The second-order valence-corrected chi connectivity index (χ2v) is 12.9. The number of carbonyl (C=O) groups excluding carboxylic acids is 1. The number of hydrogen-bond acceptors (Lipinski definition) is 6. The number of carbonyl (C=O) groups is 1. The highest BCUT2D eigenvalue weighted by Crippen LogP contribution is 2.30. The molecular formula is C23H30ClN3O6S2. The summed E-state index contributed by atoms with van der Waals surface area (Å²) in [5, 5.41) is 2.65. The van der Waals surface area contributed by atoms with E-state index in [9.17, 15) is 21.6 Å². The van der Waals surface area contributed by atoms with Crippen molar-refractivity contribution in [1.82, 2.24) is 9.03 Å². The Morgan fingerprint density at radius 2 is 1.69 bits per heavy atom. The number of hydrogen-bond donors (Lipinski definition) is 2. The number of nitrogens with zero attached hydrogens (tertiary/aromatic N) is 1. The number of anilines is 1. The van der Waals surface area contributed by atoms with E-state index in [-0.39, 0.29) is 37.9 Å². The lowest BCUT2D eigenvalue weighted by atomic mass is 10.0. The summed E-state index contributed by atoms with van der Waals surface area (Å²) in [7, 11) is -6.24. The SMILES string of the molecule is COc1ccc(S(=O)(=O)NC(C)C)cc1NC(=O)c1cc(S(=O)(=O)N2CCC(C)CC2)ccc1Cl. The van der Waals surface area contributed by atoms with Crippen molar-refractivity contribution in [2.45, 2.75) is 49.4 Å². The molecule has 1 amide bonds. The Hall–Kier alpha value is -2.18. The van der Waals surface area contributed by atoms with Crippen LogP contribution < -0.4 is 14.8 Å². The van der Waals surface area contributed by atoms with E-state index in [1.165, 1.54) is 47.8 Å². The van der Waals surface area contributed by atoms with Gasteiger partial charge in [-0.3, -0.25) is 4.79 Å². The molecule has 0 atom stereocenters. The molecular weight excluding hydrogens is 514 g/mol. The van der Waals surface area contributed by atoms with Crippen LogP contribution >= 0.6 is 11.6 Å². The van der Waals surface area contributed by atoms with Gasteiger partial charge in [0.15, 0.2) is 0 Å². The van der Waals surface area contributed by atoms with Crippen LogP contribution in [0.1, 0.15) is 44.0 Å². The van der Waals surface area contributed by atoms with E-state index in [0.717, 1.165) is 12.8 Å². The Balaban J connectivity index is 1.92. The topological polar surface area (TPSA) is 122 Å². The van der Waals surface area contributed by atoms with Crippen LogP contribution in [-0.4, -0.2) is 53.3 Å². The maximum atomic E-state index is 13.1. The van der Waals surface area contributed by atoms with Crippen LogP contribution in [0, 0.1) is 5.92 Å². The number of piperidine rings is 1. The van der Waals surface area contributed by atoms with Crippen LogP contribution in [0.15, 0.2) is 46.2 Å². The van der Waals surface area contributed by atoms with Gasteiger partial charge in [-0.15, -0.1) is 0 Å². The Bertz CT molecular complexity index is 1300. The van der Waals surface area contributed by atoms with Crippen molar-refractivity contribution >= 4 is 43.2 Å². The molecule has 12 heteroatoms. The fourth-order valence-corrected chi connectivity index (χ4v) is 6.71. The molecule has 0 aliphatic carbocycles. The summed E-state index contributed by atoms with van der Waals surface area (Å²) in [5.41, 5.74) is 0.0345. The maximum Gasteiger partial charge on any atom is 0.257 e. The number of sulfonamides is 2. The highest BCUT2D eigenvalue weighted by atomic mass is 35.5. The lowest BCUT2D eigenvalue weighted by Gasteiger charge is -2.29. The Morgan fingerprint density at radius 3 is 2.29 bits per heavy atom. The lowest BCUT2D eigenvalue weighted by molar-refractivity contribution is 0.102. The second-order valence-electron chi connectivity index (χ2n) is 8.82. The first-order valence-corrected chi connectivity index (χ1v) is 14.5. The van der Waals surface area contributed by atoms with E-state index in [0.29, 0.717) is 19.0 Å². The largest absolute Gasteiger partial charge is 0.495 e. The van der Waals surface area contributed by atoms with Gasteiger partial charge in [0.1, 0.15) is 5.75 Å². The van der Waals surface area contributed by atoms with Gasteiger partial charge in [0, 0.05) is 19.1 Å². The van der Waals surface area contributed by atoms with Crippen LogP contribution in [0.2, 0.25) is 5.02 Å². The summed E-state index contributed by atoms with van der Waals surface area (Å²) < 4.78 is 60.6. The molecule has 1 aliphatic heterocycles. The number of methoxy groups -OCH3 is 1. The monoisotopic (exact) mass is 543 g/mol. The van der Waals surface area contributed by atoms with E-state index in [1.54, 1.807) is 13.8 Å². The molecule has 0 saturated carbocycles. The van der Waals surface area contributed by atoms with Gasteiger partial charge in [0.2, 0.25) is 20.0 Å². The lowest BCUT2D eigenvalue weighted by Crippen LogP contribution is -2.37. The minimum Gasteiger partial charge on any atom is -0.495 e. The summed E-state index contributed by atoms with van der Waals surface area (Å²) in [6.07, 6.45) is 1.54. The standard InChI is InChI=1S/C23H30ClN3O6S2/c1-15(2)26-34(29,30)17-6-8-22(33-4)21(14-17)25-23(28)19-13-18(5-7-20(19)24)35(31,32)27-11-9-16(3)10-12-27/h5-8,13-16,26H,9-12H2,1-4H3,(H,25,28). The third-order valence-electron chi connectivity index (χ3n) is 5.68. The molecule has 0 unspecified atom stereocenters. The molecule has 1 fully saturated rings. The van der Waals surface area contributed by atoms with Gasteiger partial charge in [-0.05, 0) is 69.0 Å². The van der Waals surface area contributed by atoms with Crippen molar-refractivity contribution in [1.29, 1.82) is 0 Å². The fourth-order valence-electron chi connectivity index (χ4n) is 3.73. The van der Waals surface area contributed by atoms with Crippen molar-refractivity contribution in [3.05, 3.63) is 47.0 Å². The van der Waals surface area contributed by atoms with E-state index >= 15 is 0 Å². The maximum absolute atomic E-state index is 13.1. The van der Waals surface area contributed by atoms with E-state index < -0.39 is 26.0 Å². The molecule has 2 aromatic carbocycles. The van der Waals surface area contributed by atoms with Gasteiger partial charge in [0.25, 0.3) is 5.91 Å². The van der Waals surface area contributed by atoms with Crippen LogP contribution in [0.4, 0.5) is 5.69 Å². The smallest absolute Gasteiger partial charge is 0.257 e. The molecule has 1 heterocycles. The van der Waals surface area contributed by atoms with Crippen LogP contribution in [0.3, 0.4) is 0 Å². The molecule has 192 valence electrons. The van der Waals surface area contributed by atoms with E-state index in [4.69, 9.17) is 16.3 Å². The molecule has 0 bridgehead atoms. The molecule has 9 nitrogen and oxygen atoms in total. The summed E-state index contributed by atoms with van der Waals surface area (Å²) in [5.74, 6) is -0.0218. The van der Waals surface area contributed by atoms with Crippen molar-refractivity contribution < 1.29 is 26.4 Å². The van der Waals surface area contributed by atoms with Crippen LogP contribution in [0.5, 0.6) is 5.75 Å². The van der Waals surface area contributed by atoms with Gasteiger partial charge in [-0.25, -0.2) is 21.6 Å². The third-order valence-corrected chi connectivity index (χ3v) is 9.56. The van der Waals surface area contributed by atoms with Gasteiger partial charge in [-0.2, -0.15) is 4.31 Å². The van der Waals surface area contributed by atoms with Crippen LogP contribution in [0.25, 0.3) is 0 Å². The van der Waals surface area contributed by atoms with Crippen molar-refractivity contribution in [3.8, 4) is 5.75 Å². The van der Waals surface area contributed by atoms with Crippen molar-refractivity contribution in [3.63, 3.8) is 0 Å². The fraction of sp³-hybridized carbons (Fsp3) is 0.435. The Labute approximate surface area is 211 Å². The molecule has 1 saturated heterocycles. The van der Waals surface area contributed by atoms with Crippen molar-refractivity contribution in [2.24, 2.45) is 5.92 Å². The number of halogens is 1. The molecule has 35 heavy (non-hydrogen) atoms. The summed E-state index contributed by atoms with van der Waals surface area (Å²) in [4.78, 5) is 13.0. The van der Waals surface area contributed by atoms with Crippen molar-refractivity contribution in [2.75, 3.05) is 25.5 Å². The Morgan fingerprint density at radius 1 is 1.06 bits per heavy atom. The predicted octanol–water partition coefficient (Wildman–Crippen LogP) is 3.71. The number of nitrogens with one attached hydrogen (secondary N) is 2. The quantitative estimate of drug-likeness (QED) is 0.523. The normalized spacial score (nSPS) is 15.8. The first kappa shape index (κ1) is 27.4. The highest BCUT2D eigenvalue weighted by molar-refractivity contribution is 7.89. The minimum absolute atomic E-state index is 0.0361.